The van der Waals surface area contributed by atoms with Crippen molar-refractivity contribution < 1.29 is 4.74 Å². The molecule has 0 saturated carbocycles. The number of hydrogen-bond acceptors (Lipinski definition) is 6. The molecule has 1 fully saturated rings. The molecular weight excluding hydrogens is 462 g/mol. The van der Waals surface area contributed by atoms with E-state index in [9.17, 15) is 0 Å². The maximum absolute atomic E-state index is 9.08. The van der Waals surface area contributed by atoms with Gasteiger partial charge in [-0.2, -0.15) is 5.26 Å². The van der Waals surface area contributed by atoms with Crippen LogP contribution < -0.4 is 9.64 Å². The smallest absolute Gasteiger partial charge is 0.143 e. The second-order valence-electron chi connectivity index (χ2n) is 9.42. The Balaban J connectivity index is 1.21. The Kier molecular flexibility index (Phi) is 5.81. The first-order valence-electron chi connectivity index (χ1n) is 12.4. The number of aromatic nitrogens is 5. The maximum Gasteiger partial charge on any atom is 0.143 e. The van der Waals surface area contributed by atoms with E-state index in [1.807, 2.05) is 42.5 Å². The number of aryl methyl sites for hydroxylation is 1. The van der Waals surface area contributed by atoms with Crippen molar-refractivity contribution in [2.45, 2.75) is 25.7 Å². The van der Waals surface area contributed by atoms with Gasteiger partial charge < -0.3 is 19.6 Å². The molecule has 2 aromatic carbocycles. The highest BCUT2D eigenvalue weighted by atomic mass is 16.5. The number of anilines is 1. The number of hydrogen-bond donors (Lipinski definition) is 2. The molecule has 8 nitrogen and oxygen atoms in total. The molecule has 0 aliphatic carbocycles. The molecule has 1 aliphatic rings. The van der Waals surface area contributed by atoms with Crippen LogP contribution in [-0.4, -0.2) is 45.1 Å². The number of ether oxygens (including phenoxy) is 1. The fraction of sp³-hybridized carbons (Fsp3) is 0.241. The molecule has 1 saturated heterocycles. The number of H-pyrrole nitrogens is 2. The van der Waals surface area contributed by atoms with E-state index in [1.54, 1.807) is 13.4 Å². The van der Waals surface area contributed by atoms with Crippen molar-refractivity contribution in [3.05, 3.63) is 78.0 Å². The summed E-state index contributed by atoms with van der Waals surface area (Å²) >= 11 is 0. The summed E-state index contributed by atoms with van der Waals surface area (Å²) in [6, 6.07) is 19.9. The third-order valence-corrected chi connectivity index (χ3v) is 7.16. The van der Waals surface area contributed by atoms with Crippen LogP contribution >= 0.6 is 0 Å². The van der Waals surface area contributed by atoms with Crippen LogP contribution in [0.15, 0.2) is 60.9 Å². The highest BCUT2D eigenvalue weighted by molar-refractivity contribution is 5.92. The topological polar surface area (TPSA) is 107 Å². The molecule has 1 aliphatic heterocycles. The minimum Gasteiger partial charge on any atom is -0.497 e. The number of nitrogens with one attached hydrogen (secondary N) is 2. The summed E-state index contributed by atoms with van der Waals surface area (Å²) in [6.07, 6.45) is 3.60. The normalized spacial score (nSPS) is 14.1. The predicted octanol–water partition coefficient (Wildman–Crippen LogP) is 5.59. The van der Waals surface area contributed by atoms with Crippen molar-refractivity contribution >= 4 is 16.9 Å². The van der Waals surface area contributed by atoms with Crippen LogP contribution in [-0.2, 0) is 0 Å². The van der Waals surface area contributed by atoms with E-state index in [2.05, 4.69) is 50.0 Å². The van der Waals surface area contributed by atoms with Crippen molar-refractivity contribution in [3.8, 4) is 34.3 Å². The molecular formula is C29H27N7O. The van der Waals surface area contributed by atoms with Gasteiger partial charge in [-0.15, -0.1) is 0 Å². The van der Waals surface area contributed by atoms with Crippen LogP contribution in [0.2, 0.25) is 0 Å². The van der Waals surface area contributed by atoms with E-state index in [-0.39, 0.29) is 0 Å². The van der Waals surface area contributed by atoms with Gasteiger partial charge in [0.2, 0.25) is 0 Å². The molecule has 0 amide bonds. The molecule has 6 rings (SSSR count). The fourth-order valence-electron chi connectivity index (χ4n) is 5.15. The number of piperidine rings is 1. The van der Waals surface area contributed by atoms with Crippen LogP contribution in [0.25, 0.3) is 33.5 Å². The molecule has 0 unspecified atom stereocenters. The van der Waals surface area contributed by atoms with Gasteiger partial charge in [0.15, 0.2) is 0 Å². The number of imidazole rings is 1. The molecule has 3 aromatic heterocycles. The van der Waals surface area contributed by atoms with Crippen LogP contribution in [0.4, 0.5) is 5.82 Å². The van der Waals surface area contributed by atoms with Gasteiger partial charge in [-0.25, -0.2) is 15.0 Å². The zero-order valence-corrected chi connectivity index (χ0v) is 20.8. The van der Waals surface area contributed by atoms with Crippen LogP contribution in [0.1, 0.15) is 35.8 Å². The number of benzene rings is 2. The minimum absolute atomic E-state index is 0.368. The van der Waals surface area contributed by atoms with E-state index < -0.39 is 0 Å². The van der Waals surface area contributed by atoms with Crippen LogP contribution in [0.3, 0.4) is 0 Å². The lowest BCUT2D eigenvalue weighted by atomic mass is 9.96. The van der Waals surface area contributed by atoms with Gasteiger partial charge in [0.25, 0.3) is 0 Å². The van der Waals surface area contributed by atoms with Gasteiger partial charge in [0.05, 0.1) is 29.8 Å². The Hall–Kier alpha value is -4.64. The minimum atomic E-state index is 0.368. The van der Waals surface area contributed by atoms with E-state index in [0.29, 0.717) is 11.5 Å². The number of nitrogens with zero attached hydrogens (tertiary/aromatic N) is 5. The maximum atomic E-state index is 9.08. The van der Waals surface area contributed by atoms with Crippen LogP contribution in [0.5, 0.6) is 5.75 Å². The lowest BCUT2D eigenvalue weighted by molar-refractivity contribution is 0.415. The zero-order valence-electron chi connectivity index (χ0n) is 20.8. The summed E-state index contributed by atoms with van der Waals surface area (Å²) in [6.45, 7) is 3.86. The Morgan fingerprint density at radius 3 is 2.57 bits per heavy atom. The number of aromatic amines is 2. The van der Waals surface area contributed by atoms with E-state index >= 15 is 0 Å². The molecule has 184 valence electrons. The number of nitriles is 1. The highest BCUT2D eigenvalue weighted by Crippen LogP contribution is 2.35. The average Bonchev–Trinajstić information content (AvgIpc) is 3.57. The summed E-state index contributed by atoms with van der Waals surface area (Å²) in [5.41, 5.74) is 6.56. The van der Waals surface area contributed by atoms with Crippen LogP contribution in [0, 0.1) is 18.3 Å². The van der Waals surface area contributed by atoms with Crippen molar-refractivity contribution in [1.82, 2.24) is 24.9 Å². The second kappa shape index (κ2) is 9.43. The van der Waals surface area contributed by atoms with Crippen molar-refractivity contribution in [3.63, 3.8) is 0 Å². The third-order valence-electron chi connectivity index (χ3n) is 7.16. The molecule has 4 heterocycles. The number of fused-ring (bicyclic) bond motifs is 1. The first-order chi connectivity index (χ1) is 18.1. The average molecular weight is 490 g/mol. The monoisotopic (exact) mass is 489 g/mol. The summed E-state index contributed by atoms with van der Waals surface area (Å²) in [5, 5.41) is 10.1. The summed E-state index contributed by atoms with van der Waals surface area (Å²) < 4.78 is 5.39. The van der Waals surface area contributed by atoms with Gasteiger partial charge in [0.1, 0.15) is 29.4 Å². The molecule has 8 heteroatoms. The largest absolute Gasteiger partial charge is 0.497 e. The number of rotatable bonds is 5. The van der Waals surface area contributed by atoms with Gasteiger partial charge in [0, 0.05) is 36.0 Å². The molecule has 0 bridgehead atoms. The lowest BCUT2D eigenvalue weighted by Crippen LogP contribution is -2.33. The van der Waals surface area contributed by atoms with Crippen molar-refractivity contribution in [1.29, 1.82) is 5.26 Å². The molecule has 0 radical (unpaired) electrons. The lowest BCUT2D eigenvalue weighted by Gasteiger charge is -2.32. The van der Waals surface area contributed by atoms with Gasteiger partial charge >= 0.3 is 0 Å². The van der Waals surface area contributed by atoms with E-state index in [1.165, 1.54) is 0 Å². The zero-order chi connectivity index (χ0) is 25.4. The molecule has 5 aromatic rings. The molecule has 2 N–H and O–H groups in total. The summed E-state index contributed by atoms with van der Waals surface area (Å²) in [4.78, 5) is 23.4. The Labute approximate surface area is 215 Å². The summed E-state index contributed by atoms with van der Waals surface area (Å²) in [7, 11) is 1.68. The first kappa shape index (κ1) is 22.8. The second-order valence-corrected chi connectivity index (χ2v) is 9.42. The molecule has 0 spiro atoms. The van der Waals surface area contributed by atoms with Gasteiger partial charge in [-0.1, -0.05) is 24.3 Å². The Morgan fingerprint density at radius 2 is 1.81 bits per heavy atom. The Morgan fingerprint density at radius 1 is 1.00 bits per heavy atom. The standard InChI is InChI=1S/C29H27N7O/c1-18-26(22-4-3-5-23(14-22)37-2)35-27(33-18)21-10-12-36(13-11-21)29-24-15-25(34-28(24)31-17-32-29)20-8-6-19(16-30)7-9-20/h3-9,14-15,17,21H,10-13H2,1-2H3,(H,33,35)(H,31,32,34). The third kappa shape index (κ3) is 4.29. The predicted molar refractivity (Wildman–Crippen MR) is 144 cm³/mol. The molecule has 0 atom stereocenters. The Bertz CT molecular complexity index is 1600. The van der Waals surface area contributed by atoms with E-state index in [0.717, 1.165) is 82.6 Å². The van der Waals surface area contributed by atoms with Gasteiger partial charge in [-0.3, -0.25) is 0 Å². The fourth-order valence-corrected chi connectivity index (χ4v) is 5.15. The quantitative estimate of drug-likeness (QED) is 0.333. The first-order valence-corrected chi connectivity index (χ1v) is 12.4. The van der Waals surface area contributed by atoms with E-state index in [4.69, 9.17) is 15.0 Å². The highest BCUT2D eigenvalue weighted by Gasteiger charge is 2.26. The van der Waals surface area contributed by atoms with Crippen molar-refractivity contribution in [2.75, 3.05) is 25.1 Å². The SMILES string of the molecule is COc1cccc(-c2nc(C3CCN(c4ncnc5[nH]c(-c6ccc(C#N)cc6)cc45)CC3)[nH]c2C)c1. The van der Waals surface area contributed by atoms with Crippen molar-refractivity contribution in [2.24, 2.45) is 0 Å². The summed E-state index contributed by atoms with van der Waals surface area (Å²) in [5.74, 6) is 3.20. The van der Waals surface area contributed by atoms with Gasteiger partial charge in [-0.05, 0) is 55.7 Å². The number of methoxy groups -OCH3 is 1. The molecule has 37 heavy (non-hydrogen) atoms.